The number of amides is 1. The van der Waals surface area contributed by atoms with Gasteiger partial charge in [0.2, 0.25) is 5.91 Å². The van der Waals surface area contributed by atoms with Gasteiger partial charge < -0.3 is 10.1 Å². The number of aromatic nitrogens is 1. The summed E-state index contributed by atoms with van der Waals surface area (Å²) in [6.07, 6.45) is 8.42. The standard InChI is InChI=1S/C19H24N2O3/c1-3-4-5-6-11-18(22)21-14-15(12-13-20-19(23)24-2)16-9-7-8-10-17(16)21/h4-5,7-10,14H,3,6,11-13H2,1-2H3,(H,20,23)/b5-4+. The maximum absolute atomic E-state index is 12.5. The summed E-state index contributed by atoms with van der Waals surface area (Å²) in [5.74, 6) is 0.0825. The Morgan fingerprint density at radius 1 is 1.25 bits per heavy atom. The molecule has 0 aliphatic carbocycles. The molecule has 1 aromatic carbocycles. The molecule has 0 aliphatic heterocycles. The minimum atomic E-state index is -0.447. The first-order valence-corrected chi connectivity index (χ1v) is 8.26. The molecule has 0 saturated carbocycles. The molecule has 5 heteroatoms. The number of carbonyl (C=O) groups is 2. The number of para-hydroxylation sites is 1. The van der Waals surface area contributed by atoms with Crippen LogP contribution in [0, 0.1) is 0 Å². The number of alkyl carbamates (subject to hydrolysis) is 1. The van der Waals surface area contributed by atoms with Crippen molar-refractivity contribution in [2.24, 2.45) is 0 Å². The minimum Gasteiger partial charge on any atom is -0.453 e. The van der Waals surface area contributed by atoms with E-state index in [1.54, 1.807) is 4.57 Å². The second kappa shape index (κ2) is 8.91. The Morgan fingerprint density at radius 2 is 2.04 bits per heavy atom. The fourth-order valence-corrected chi connectivity index (χ4v) is 2.64. The topological polar surface area (TPSA) is 60.3 Å². The van der Waals surface area contributed by atoms with Gasteiger partial charge >= 0.3 is 6.09 Å². The highest BCUT2D eigenvalue weighted by atomic mass is 16.5. The average Bonchev–Trinajstić information content (AvgIpc) is 2.97. The van der Waals surface area contributed by atoms with E-state index in [9.17, 15) is 9.59 Å². The van der Waals surface area contributed by atoms with Crippen LogP contribution < -0.4 is 5.32 Å². The summed E-state index contributed by atoms with van der Waals surface area (Å²) in [7, 11) is 1.34. The van der Waals surface area contributed by atoms with E-state index in [1.807, 2.05) is 36.5 Å². The van der Waals surface area contributed by atoms with E-state index in [0.29, 0.717) is 19.4 Å². The SMILES string of the molecule is CC/C=C/CCC(=O)n1cc(CCNC(=O)OC)c2ccccc21. The van der Waals surface area contributed by atoms with Gasteiger partial charge in [-0.1, -0.05) is 37.3 Å². The van der Waals surface area contributed by atoms with Crippen molar-refractivity contribution >= 4 is 22.9 Å². The molecule has 24 heavy (non-hydrogen) atoms. The van der Waals surface area contributed by atoms with Crippen molar-refractivity contribution in [1.29, 1.82) is 0 Å². The molecule has 0 aliphatic rings. The number of nitrogens with zero attached hydrogens (tertiary/aromatic N) is 1. The lowest BCUT2D eigenvalue weighted by Crippen LogP contribution is -2.25. The molecule has 0 unspecified atom stereocenters. The molecular weight excluding hydrogens is 304 g/mol. The molecule has 2 aromatic rings. The summed E-state index contributed by atoms with van der Waals surface area (Å²) < 4.78 is 6.29. The fraction of sp³-hybridized carbons (Fsp3) is 0.368. The zero-order valence-corrected chi connectivity index (χ0v) is 14.2. The number of benzene rings is 1. The van der Waals surface area contributed by atoms with Crippen LogP contribution in [0.1, 0.15) is 36.5 Å². The summed E-state index contributed by atoms with van der Waals surface area (Å²) in [4.78, 5) is 23.7. The molecule has 0 fully saturated rings. The lowest BCUT2D eigenvalue weighted by Gasteiger charge is -2.02. The van der Waals surface area contributed by atoms with E-state index in [1.165, 1.54) is 7.11 Å². The van der Waals surface area contributed by atoms with Crippen LogP contribution in [-0.2, 0) is 11.2 Å². The predicted octanol–water partition coefficient (Wildman–Crippen LogP) is 3.93. The third kappa shape index (κ3) is 4.47. The van der Waals surface area contributed by atoms with E-state index >= 15 is 0 Å². The Hall–Kier alpha value is -2.56. The fourth-order valence-electron chi connectivity index (χ4n) is 2.64. The van der Waals surface area contributed by atoms with Gasteiger partial charge in [0, 0.05) is 24.5 Å². The van der Waals surface area contributed by atoms with Crippen LogP contribution in [0.3, 0.4) is 0 Å². The van der Waals surface area contributed by atoms with Gasteiger partial charge in [0.05, 0.1) is 12.6 Å². The molecule has 0 radical (unpaired) electrons. The molecule has 0 spiro atoms. The number of fused-ring (bicyclic) bond motifs is 1. The van der Waals surface area contributed by atoms with Gasteiger partial charge in [-0.3, -0.25) is 9.36 Å². The molecule has 1 heterocycles. The maximum Gasteiger partial charge on any atom is 0.406 e. The van der Waals surface area contributed by atoms with Crippen LogP contribution in [0.5, 0.6) is 0 Å². The van der Waals surface area contributed by atoms with Gasteiger partial charge in [-0.05, 0) is 30.9 Å². The molecule has 1 N–H and O–H groups in total. The third-order valence-electron chi connectivity index (χ3n) is 3.84. The van der Waals surface area contributed by atoms with Gasteiger partial charge in [-0.15, -0.1) is 0 Å². The molecule has 128 valence electrons. The number of rotatable bonds is 7. The highest BCUT2D eigenvalue weighted by Gasteiger charge is 2.13. The average molecular weight is 328 g/mol. The van der Waals surface area contributed by atoms with Crippen molar-refractivity contribution in [3.63, 3.8) is 0 Å². The van der Waals surface area contributed by atoms with Gasteiger partial charge in [0.1, 0.15) is 0 Å². The van der Waals surface area contributed by atoms with E-state index in [2.05, 4.69) is 23.1 Å². The maximum atomic E-state index is 12.5. The van der Waals surface area contributed by atoms with Crippen LogP contribution in [0.25, 0.3) is 10.9 Å². The van der Waals surface area contributed by atoms with Gasteiger partial charge in [-0.2, -0.15) is 0 Å². The number of methoxy groups -OCH3 is 1. The van der Waals surface area contributed by atoms with Crippen molar-refractivity contribution < 1.29 is 14.3 Å². The van der Waals surface area contributed by atoms with E-state index in [4.69, 9.17) is 0 Å². The first-order valence-electron chi connectivity index (χ1n) is 8.26. The van der Waals surface area contributed by atoms with Gasteiger partial charge in [0.15, 0.2) is 0 Å². The van der Waals surface area contributed by atoms with Gasteiger partial charge in [-0.25, -0.2) is 4.79 Å². The number of nitrogens with one attached hydrogen (secondary N) is 1. The lowest BCUT2D eigenvalue weighted by molar-refractivity contribution is 0.0909. The zero-order chi connectivity index (χ0) is 17.4. The second-order valence-corrected chi connectivity index (χ2v) is 5.52. The van der Waals surface area contributed by atoms with Crippen molar-refractivity contribution in [3.8, 4) is 0 Å². The number of hydrogen-bond acceptors (Lipinski definition) is 3. The normalized spacial score (nSPS) is 11.1. The quantitative estimate of drug-likeness (QED) is 0.784. The highest BCUT2D eigenvalue weighted by Crippen LogP contribution is 2.22. The highest BCUT2D eigenvalue weighted by molar-refractivity contribution is 5.94. The van der Waals surface area contributed by atoms with Crippen LogP contribution in [0.2, 0.25) is 0 Å². The first-order chi connectivity index (χ1) is 11.7. The Balaban J connectivity index is 2.14. The largest absolute Gasteiger partial charge is 0.453 e. The molecular formula is C19H24N2O3. The van der Waals surface area contributed by atoms with Crippen molar-refractivity contribution in [2.75, 3.05) is 13.7 Å². The molecule has 0 bridgehead atoms. The van der Waals surface area contributed by atoms with Crippen LogP contribution in [0.15, 0.2) is 42.6 Å². The Bertz CT molecular complexity index is 731. The molecule has 0 atom stereocenters. The second-order valence-electron chi connectivity index (χ2n) is 5.52. The van der Waals surface area contributed by atoms with Gasteiger partial charge in [0.25, 0.3) is 0 Å². The first kappa shape index (κ1) is 17.8. The van der Waals surface area contributed by atoms with Crippen molar-refractivity contribution in [3.05, 3.63) is 48.2 Å². The molecule has 0 saturated heterocycles. The van der Waals surface area contributed by atoms with Crippen molar-refractivity contribution in [2.45, 2.75) is 32.6 Å². The van der Waals surface area contributed by atoms with E-state index < -0.39 is 6.09 Å². The molecule has 2 rings (SSSR count). The summed E-state index contributed by atoms with van der Waals surface area (Å²) in [6.45, 7) is 2.54. The van der Waals surface area contributed by atoms with Crippen LogP contribution in [-0.4, -0.2) is 30.2 Å². The van der Waals surface area contributed by atoms with E-state index in [0.717, 1.165) is 29.3 Å². The van der Waals surface area contributed by atoms with E-state index in [-0.39, 0.29) is 5.91 Å². The van der Waals surface area contributed by atoms with Crippen LogP contribution >= 0.6 is 0 Å². The minimum absolute atomic E-state index is 0.0825. The molecule has 5 nitrogen and oxygen atoms in total. The number of hydrogen-bond donors (Lipinski definition) is 1. The molecule has 1 aromatic heterocycles. The number of allylic oxidation sites excluding steroid dienone is 2. The number of carbonyl (C=O) groups excluding carboxylic acids is 2. The number of ether oxygens (including phenoxy) is 1. The smallest absolute Gasteiger partial charge is 0.406 e. The summed E-state index contributed by atoms with van der Waals surface area (Å²) in [5, 5.41) is 3.71. The lowest BCUT2D eigenvalue weighted by atomic mass is 10.1. The Kier molecular flexibility index (Phi) is 6.61. The van der Waals surface area contributed by atoms with Crippen molar-refractivity contribution in [1.82, 2.24) is 9.88 Å². The Labute approximate surface area is 142 Å². The summed E-state index contributed by atoms with van der Waals surface area (Å²) in [6, 6.07) is 7.84. The molecule has 1 amide bonds. The zero-order valence-electron chi connectivity index (χ0n) is 14.2. The Morgan fingerprint density at radius 3 is 2.79 bits per heavy atom. The predicted molar refractivity (Wildman–Crippen MR) is 95.3 cm³/mol. The summed E-state index contributed by atoms with van der Waals surface area (Å²) in [5.41, 5.74) is 1.95. The summed E-state index contributed by atoms with van der Waals surface area (Å²) >= 11 is 0. The van der Waals surface area contributed by atoms with Crippen LogP contribution in [0.4, 0.5) is 4.79 Å². The third-order valence-corrected chi connectivity index (χ3v) is 3.84. The monoisotopic (exact) mass is 328 g/mol.